The standard InChI is InChI=1S/C11H16BrN3/c12-4-6-14-7-9-15(10-8-14)11-3-1-2-5-13-11/h1-3,5H,4,6-10H2. The molecule has 0 aromatic carbocycles. The Morgan fingerprint density at radius 3 is 2.60 bits per heavy atom. The Morgan fingerprint density at radius 1 is 1.20 bits per heavy atom. The Morgan fingerprint density at radius 2 is 2.00 bits per heavy atom. The fraction of sp³-hybridized carbons (Fsp3) is 0.545. The summed E-state index contributed by atoms with van der Waals surface area (Å²) in [6, 6.07) is 6.10. The van der Waals surface area contributed by atoms with Crippen molar-refractivity contribution in [3.05, 3.63) is 24.4 Å². The number of pyridine rings is 1. The van der Waals surface area contributed by atoms with E-state index in [1.807, 2.05) is 18.3 Å². The van der Waals surface area contributed by atoms with Crippen LogP contribution in [0.1, 0.15) is 0 Å². The Hall–Kier alpha value is -0.610. The lowest BCUT2D eigenvalue weighted by atomic mass is 10.3. The number of alkyl halides is 1. The summed E-state index contributed by atoms with van der Waals surface area (Å²) >= 11 is 3.48. The lowest BCUT2D eigenvalue weighted by Crippen LogP contribution is -2.47. The smallest absolute Gasteiger partial charge is 0.128 e. The minimum absolute atomic E-state index is 1.07. The molecule has 0 aliphatic carbocycles. The van der Waals surface area contributed by atoms with Gasteiger partial charge in [0.05, 0.1) is 0 Å². The fourth-order valence-electron chi connectivity index (χ4n) is 1.86. The second kappa shape index (κ2) is 5.47. The van der Waals surface area contributed by atoms with Crippen molar-refractivity contribution >= 4 is 21.7 Å². The Labute approximate surface area is 99.2 Å². The number of aromatic nitrogens is 1. The molecule has 0 saturated carbocycles. The summed E-state index contributed by atoms with van der Waals surface area (Å²) < 4.78 is 0. The second-order valence-corrected chi connectivity index (χ2v) is 4.50. The van der Waals surface area contributed by atoms with Gasteiger partial charge in [0, 0.05) is 44.3 Å². The maximum atomic E-state index is 4.37. The minimum atomic E-state index is 1.07. The van der Waals surface area contributed by atoms with E-state index in [2.05, 4.69) is 36.8 Å². The number of halogens is 1. The van der Waals surface area contributed by atoms with E-state index in [1.165, 1.54) is 0 Å². The molecule has 0 bridgehead atoms. The molecule has 1 fully saturated rings. The molecular weight excluding hydrogens is 254 g/mol. The quantitative estimate of drug-likeness (QED) is 0.778. The van der Waals surface area contributed by atoms with Gasteiger partial charge in [0.1, 0.15) is 5.82 Å². The van der Waals surface area contributed by atoms with E-state index in [-0.39, 0.29) is 0 Å². The van der Waals surface area contributed by atoms with E-state index in [1.54, 1.807) is 0 Å². The molecule has 2 heterocycles. The molecule has 1 saturated heterocycles. The first-order valence-corrected chi connectivity index (χ1v) is 6.46. The summed E-state index contributed by atoms with van der Waals surface area (Å²) in [5.41, 5.74) is 0. The summed E-state index contributed by atoms with van der Waals surface area (Å²) in [6.45, 7) is 5.61. The van der Waals surface area contributed by atoms with E-state index in [0.717, 1.165) is 43.9 Å². The molecule has 0 amide bonds. The van der Waals surface area contributed by atoms with Gasteiger partial charge >= 0.3 is 0 Å². The zero-order chi connectivity index (χ0) is 10.5. The van der Waals surface area contributed by atoms with E-state index >= 15 is 0 Å². The fourth-order valence-corrected chi connectivity index (χ4v) is 2.36. The molecule has 3 nitrogen and oxygen atoms in total. The first-order chi connectivity index (χ1) is 7.40. The highest BCUT2D eigenvalue weighted by atomic mass is 79.9. The van der Waals surface area contributed by atoms with Gasteiger partial charge in [-0.15, -0.1) is 0 Å². The highest BCUT2D eigenvalue weighted by Crippen LogP contribution is 2.12. The molecule has 0 spiro atoms. The lowest BCUT2D eigenvalue weighted by Gasteiger charge is -2.35. The predicted octanol–water partition coefficient (Wildman–Crippen LogP) is 1.60. The van der Waals surface area contributed by atoms with Crippen LogP contribution in [0.2, 0.25) is 0 Å². The van der Waals surface area contributed by atoms with Crippen molar-refractivity contribution in [2.24, 2.45) is 0 Å². The molecular formula is C11H16BrN3. The number of piperazine rings is 1. The summed E-state index contributed by atoms with van der Waals surface area (Å²) in [5.74, 6) is 1.11. The van der Waals surface area contributed by atoms with Gasteiger partial charge in [-0.2, -0.15) is 0 Å². The SMILES string of the molecule is BrCCN1CCN(c2ccccn2)CC1. The van der Waals surface area contributed by atoms with Crippen LogP contribution in [-0.2, 0) is 0 Å². The van der Waals surface area contributed by atoms with Gasteiger partial charge in [-0.3, -0.25) is 4.90 Å². The Kier molecular flexibility index (Phi) is 3.97. The van der Waals surface area contributed by atoms with Gasteiger partial charge in [0.2, 0.25) is 0 Å². The van der Waals surface area contributed by atoms with Gasteiger partial charge in [-0.05, 0) is 12.1 Å². The first kappa shape index (κ1) is 10.9. The van der Waals surface area contributed by atoms with Crippen molar-refractivity contribution in [3.63, 3.8) is 0 Å². The van der Waals surface area contributed by atoms with Gasteiger partial charge in [0.25, 0.3) is 0 Å². The molecule has 1 aliphatic heterocycles. The molecule has 15 heavy (non-hydrogen) atoms. The van der Waals surface area contributed by atoms with E-state index in [0.29, 0.717) is 0 Å². The zero-order valence-electron chi connectivity index (χ0n) is 8.77. The normalized spacial score (nSPS) is 18.1. The maximum Gasteiger partial charge on any atom is 0.128 e. The molecule has 1 aliphatic rings. The van der Waals surface area contributed by atoms with Gasteiger partial charge in [-0.25, -0.2) is 4.98 Å². The van der Waals surface area contributed by atoms with Crippen LogP contribution < -0.4 is 4.90 Å². The number of anilines is 1. The summed E-state index contributed by atoms with van der Waals surface area (Å²) in [7, 11) is 0. The zero-order valence-corrected chi connectivity index (χ0v) is 10.4. The second-order valence-electron chi connectivity index (χ2n) is 3.71. The molecule has 4 heteroatoms. The third kappa shape index (κ3) is 2.92. The van der Waals surface area contributed by atoms with Crippen molar-refractivity contribution < 1.29 is 0 Å². The summed E-state index contributed by atoms with van der Waals surface area (Å²) in [6.07, 6.45) is 1.86. The Balaban J connectivity index is 1.88. The van der Waals surface area contributed by atoms with Crippen LogP contribution in [0.5, 0.6) is 0 Å². The Bertz CT molecular complexity index is 283. The third-order valence-corrected chi connectivity index (χ3v) is 3.10. The van der Waals surface area contributed by atoms with Crippen LogP contribution in [0.4, 0.5) is 5.82 Å². The van der Waals surface area contributed by atoms with Crippen molar-refractivity contribution in [2.45, 2.75) is 0 Å². The van der Waals surface area contributed by atoms with Crippen molar-refractivity contribution in [2.75, 3.05) is 43.0 Å². The number of hydrogen-bond acceptors (Lipinski definition) is 3. The van der Waals surface area contributed by atoms with Gasteiger partial charge in [-0.1, -0.05) is 22.0 Å². The van der Waals surface area contributed by atoms with Crippen LogP contribution in [0.15, 0.2) is 24.4 Å². The molecule has 1 aromatic heterocycles. The van der Waals surface area contributed by atoms with Crippen LogP contribution in [-0.4, -0.2) is 47.9 Å². The molecule has 0 N–H and O–H groups in total. The largest absolute Gasteiger partial charge is 0.354 e. The monoisotopic (exact) mass is 269 g/mol. The topological polar surface area (TPSA) is 19.4 Å². The van der Waals surface area contributed by atoms with Crippen molar-refractivity contribution in [1.82, 2.24) is 9.88 Å². The molecule has 1 aromatic rings. The average molecular weight is 270 g/mol. The average Bonchev–Trinajstić information content (AvgIpc) is 2.32. The maximum absolute atomic E-state index is 4.37. The molecule has 2 rings (SSSR count). The van der Waals surface area contributed by atoms with Crippen LogP contribution >= 0.6 is 15.9 Å². The van der Waals surface area contributed by atoms with E-state index in [4.69, 9.17) is 0 Å². The predicted molar refractivity (Wildman–Crippen MR) is 66.7 cm³/mol. The molecule has 82 valence electrons. The first-order valence-electron chi connectivity index (χ1n) is 5.34. The number of rotatable bonds is 3. The highest BCUT2D eigenvalue weighted by molar-refractivity contribution is 9.09. The highest BCUT2D eigenvalue weighted by Gasteiger charge is 2.16. The third-order valence-electron chi connectivity index (χ3n) is 2.75. The number of nitrogens with zero attached hydrogens (tertiary/aromatic N) is 3. The van der Waals surface area contributed by atoms with Crippen molar-refractivity contribution in [3.8, 4) is 0 Å². The van der Waals surface area contributed by atoms with Crippen LogP contribution in [0, 0.1) is 0 Å². The summed E-state index contributed by atoms with van der Waals surface area (Å²) in [4.78, 5) is 9.20. The molecule has 0 radical (unpaired) electrons. The summed E-state index contributed by atoms with van der Waals surface area (Å²) in [5, 5.41) is 1.07. The molecule has 0 atom stereocenters. The van der Waals surface area contributed by atoms with Crippen LogP contribution in [0.3, 0.4) is 0 Å². The van der Waals surface area contributed by atoms with E-state index in [9.17, 15) is 0 Å². The van der Waals surface area contributed by atoms with Crippen molar-refractivity contribution in [1.29, 1.82) is 0 Å². The lowest BCUT2D eigenvalue weighted by molar-refractivity contribution is 0.273. The van der Waals surface area contributed by atoms with E-state index < -0.39 is 0 Å². The van der Waals surface area contributed by atoms with Gasteiger partial charge < -0.3 is 4.90 Å². The number of hydrogen-bond donors (Lipinski definition) is 0. The minimum Gasteiger partial charge on any atom is -0.354 e. The van der Waals surface area contributed by atoms with Crippen LogP contribution in [0.25, 0.3) is 0 Å². The van der Waals surface area contributed by atoms with Gasteiger partial charge in [0.15, 0.2) is 0 Å². The molecule has 0 unspecified atom stereocenters.